The summed E-state index contributed by atoms with van der Waals surface area (Å²) in [6, 6.07) is 3.49. The summed E-state index contributed by atoms with van der Waals surface area (Å²) in [4.78, 5) is 4.33. The third-order valence-electron chi connectivity index (χ3n) is 1.72. The number of halogens is 1. The first-order valence-corrected chi connectivity index (χ1v) is 5.64. The van der Waals surface area contributed by atoms with Crippen molar-refractivity contribution < 1.29 is 0 Å². The van der Waals surface area contributed by atoms with Gasteiger partial charge in [-0.25, -0.2) is 4.98 Å². The highest BCUT2D eigenvalue weighted by atomic mass is 35.5. The number of rotatable bonds is 3. The van der Waals surface area contributed by atoms with Gasteiger partial charge in [0.2, 0.25) is 0 Å². The van der Waals surface area contributed by atoms with E-state index in [1.165, 1.54) is 0 Å². The molecule has 0 spiro atoms. The summed E-state index contributed by atoms with van der Waals surface area (Å²) >= 11 is 7.24. The van der Waals surface area contributed by atoms with E-state index in [2.05, 4.69) is 20.5 Å². The number of nitrogens with zero attached hydrogens (tertiary/aromatic N) is 3. The fourth-order valence-electron chi connectivity index (χ4n) is 1.06. The monoisotopic (exact) mass is 240 g/mol. The van der Waals surface area contributed by atoms with Gasteiger partial charge in [0.05, 0.1) is 6.54 Å². The normalized spacial score (nSPS) is 10.3. The molecule has 15 heavy (non-hydrogen) atoms. The van der Waals surface area contributed by atoms with Crippen molar-refractivity contribution in [1.82, 2.24) is 15.2 Å². The van der Waals surface area contributed by atoms with E-state index in [-0.39, 0.29) is 0 Å². The lowest BCUT2D eigenvalue weighted by molar-refractivity contribution is 0.990. The van der Waals surface area contributed by atoms with Crippen LogP contribution in [0.25, 0.3) is 0 Å². The maximum Gasteiger partial charge on any atom is 0.151 e. The molecular weight excluding hydrogens is 232 g/mol. The van der Waals surface area contributed by atoms with Gasteiger partial charge in [0, 0.05) is 11.1 Å². The molecule has 1 N–H and O–H groups in total. The van der Waals surface area contributed by atoms with Gasteiger partial charge in [-0.2, -0.15) is 0 Å². The molecule has 0 amide bonds. The summed E-state index contributed by atoms with van der Waals surface area (Å²) in [6.07, 6.45) is 0. The molecule has 0 unspecified atom stereocenters. The SMILES string of the molecule is Cc1csc(CNc2ccc(Cl)nn2)n1. The molecule has 0 fully saturated rings. The van der Waals surface area contributed by atoms with Gasteiger partial charge in [0.25, 0.3) is 0 Å². The van der Waals surface area contributed by atoms with Crippen LogP contribution in [0.2, 0.25) is 5.15 Å². The summed E-state index contributed by atoms with van der Waals surface area (Å²) in [5.74, 6) is 0.701. The standard InChI is InChI=1S/C9H9ClN4S/c1-6-5-15-9(12-6)4-11-8-3-2-7(10)13-14-8/h2-3,5H,4H2,1H3,(H,11,14). The zero-order chi connectivity index (χ0) is 10.7. The molecule has 0 saturated heterocycles. The van der Waals surface area contributed by atoms with Crippen LogP contribution >= 0.6 is 22.9 Å². The number of aromatic nitrogens is 3. The minimum absolute atomic E-state index is 0.394. The van der Waals surface area contributed by atoms with Crippen molar-refractivity contribution in [3.8, 4) is 0 Å². The van der Waals surface area contributed by atoms with E-state index in [1.807, 2.05) is 12.3 Å². The second-order valence-electron chi connectivity index (χ2n) is 2.98. The van der Waals surface area contributed by atoms with Gasteiger partial charge in [-0.3, -0.25) is 0 Å². The number of nitrogens with one attached hydrogen (secondary N) is 1. The van der Waals surface area contributed by atoms with Crippen LogP contribution < -0.4 is 5.32 Å². The Labute approximate surface area is 96.3 Å². The predicted molar refractivity (Wildman–Crippen MR) is 61.2 cm³/mol. The molecular formula is C9H9ClN4S. The fraction of sp³-hybridized carbons (Fsp3) is 0.222. The lowest BCUT2D eigenvalue weighted by Crippen LogP contribution is -2.01. The van der Waals surface area contributed by atoms with Gasteiger partial charge in [-0.1, -0.05) is 11.6 Å². The largest absolute Gasteiger partial charge is 0.362 e. The third-order valence-corrected chi connectivity index (χ3v) is 2.89. The van der Waals surface area contributed by atoms with Crippen molar-refractivity contribution in [2.45, 2.75) is 13.5 Å². The molecule has 0 aliphatic heterocycles. The molecule has 2 heterocycles. The van der Waals surface area contributed by atoms with Crippen LogP contribution in [0, 0.1) is 6.92 Å². The Bertz CT molecular complexity index is 440. The highest BCUT2D eigenvalue weighted by Gasteiger charge is 1.99. The van der Waals surface area contributed by atoms with E-state index in [1.54, 1.807) is 23.5 Å². The first-order chi connectivity index (χ1) is 7.24. The maximum absolute atomic E-state index is 5.62. The van der Waals surface area contributed by atoms with Crippen LogP contribution in [0.5, 0.6) is 0 Å². The van der Waals surface area contributed by atoms with Crippen LogP contribution in [0.3, 0.4) is 0 Å². The summed E-state index contributed by atoms with van der Waals surface area (Å²) in [5, 5.41) is 14.2. The van der Waals surface area contributed by atoms with E-state index in [0.717, 1.165) is 10.7 Å². The molecule has 78 valence electrons. The van der Waals surface area contributed by atoms with Crippen LogP contribution in [0.1, 0.15) is 10.7 Å². The molecule has 6 heteroatoms. The van der Waals surface area contributed by atoms with Crippen molar-refractivity contribution in [3.63, 3.8) is 0 Å². The molecule has 2 aromatic heterocycles. The second kappa shape index (κ2) is 4.55. The van der Waals surface area contributed by atoms with Crippen molar-refractivity contribution in [1.29, 1.82) is 0 Å². The number of hydrogen-bond donors (Lipinski definition) is 1. The van der Waals surface area contributed by atoms with Gasteiger partial charge in [-0.05, 0) is 19.1 Å². The number of aryl methyl sites for hydroxylation is 1. The van der Waals surface area contributed by atoms with Gasteiger partial charge in [0.1, 0.15) is 10.8 Å². The average molecular weight is 241 g/mol. The quantitative estimate of drug-likeness (QED) is 0.896. The van der Waals surface area contributed by atoms with Crippen LogP contribution in [0.4, 0.5) is 5.82 Å². The minimum atomic E-state index is 0.394. The highest BCUT2D eigenvalue weighted by Crippen LogP contribution is 2.11. The van der Waals surface area contributed by atoms with Crippen molar-refractivity contribution in [3.05, 3.63) is 33.4 Å². The van der Waals surface area contributed by atoms with Crippen molar-refractivity contribution in [2.75, 3.05) is 5.32 Å². The summed E-state index contributed by atoms with van der Waals surface area (Å²) < 4.78 is 0. The molecule has 4 nitrogen and oxygen atoms in total. The first kappa shape index (κ1) is 10.3. The van der Waals surface area contributed by atoms with Gasteiger partial charge >= 0.3 is 0 Å². The number of hydrogen-bond acceptors (Lipinski definition) is 5. The topological polar surface area (TPSA) is 50.7 Å². The van der Waals surface area contributed by atoms with Crippen molar-refractivity contribution >= 4 is 28.8 Å². The zero-order valence-corrected chi connectivity index (χ0v) is 9.64. The smallest absolute Gasteiger partial charge is 0.151 e. The molecule has 2 aromatic rings. The van der Waals surface area contributed by atoms with E-state index in [4.69, 9.17) is 11.6 Å². The molecule has 0 aromatic carbocycles. The minimum Gasteiger partial charge on any atom is -0.362 e. The fourth-order valence-corrected chi connectivity index (χ4v) is 1.87. The molecule has 0 saturated carbocycles. The summed E-state index contributed by atoms with van der Waals surface area (Å²) in [6.45, 7) is 2.64. The van der Waals surface area contributed by atoms with E-state index in [9.17, 15) is 0 Å². The van der Waals surface area contributed by atoms with Crippen LogP contribution in [-0.4, -0.2) is 15.2 Å². The van der Waals surface area contributed by atoms with Crippen molar-refractivity contribution in [2.24, 2.45) is 0 Å². The Hall–Kier alpha value is -1.20. The second-order valence-corrected chi connectivity index (χ2v) is 4.31. The lowest BCUT2D eigenvalue weighted by Gasteiger charge is -2.01. The molecule has 0 aliphatic rings. The number of anilines is 1. The maximum atomic E-state index is 5.62. The lowest BCUT2D eigenvalue weighted by atomic mass is 10.5. The van der Waals surface area contributed by atoms with E-state index >= 15 is 0 Å². The molecule has 0 radical (unpaired) electrons. The van der Waals surface area contributed by atoms with Gasteiger partial charge in [0.15, 0.2) is 5.15 Å². The molecule has 2 rings (SSSR count). The summed E-state index contributed by atoms with van der Waals surface area (Å²) in [5.41, 5.74) is 1.04. The Morgan fingerprint density at radius 3 is 2.87 bits per heavy atom. The molecule has 0 aliphatic carbocycles. The van der Waals surface area contributed by atoms with E-state index in [0.29, 0.717) is 17.5 Å². The Balaban J connectivity index is 1.96. The highest BCUT2D eigenvalue weighted by molar-refractivity contribution is 7.09. The predicted octanol–water partition coefficient (Wildman–Crippen LogP) is 2.51. The summed E-state index contributed by atoms with van der Waals surface area (Å²) in [7, 11) is 0. The first-order valence-electron chi connectivity index (χ1n) is 4.38. The Morgan fingerprint density at radius 2 is 2.27 bits per heavy atom. The molecule has 0 atom stereocenters. The average Bonchev–Trinajstić information content (AvgIpc) is 2.64. The van der Waals surface area contributed by atoms with Gasteiger partial charge in [-0.15, -0.1) is 21.5 Å². The van der Waals surface area contributed by atoms with Crippen LogP contribution in [0.15, 0.2) is 17.5 Å². The zero-order valence-electron chi connectivity index (χ0n) is 8.07. The Morgan fingerprint density at radius 1 is 1.40 bits per heavy atom. The van der Waals surface area contributed by atoms with Crippen LogP contribution in [-0.2, 0) is 6.54 Å². The van der Waals surface area contributed by atoms with E-state index < -0.39 is 0 Å². The third kappa shape index (κ3) is 2.87. The molecule has 0 bridgehead atoms. The Kier molecular flexibility index (Phi) is 3.13. The number of thiazole rings is 1. The van der Waals surface area contributed by atoms with Gasteiger partial charge < -0.3 is 5.32 Å².